The Morgan fingerprint density at radius 1 is 1.48 bits per heavy atom. The van der Waals surface area contributed by atoms with Gasteiger partial charge in [-0.1, -0.05) is 25.6 Å². The van der Waals surface area contributed by atoms with Crippen molar-refractivity contribution in [1.29, 1.82) is 5.26 Å². The number of rotatable bonds is 8. The Balaban J connectivity index is 1.75. The van der Waals surface area contributed by atoms with Crippen LogP contribution in [0, 0.1) is 17.2 Å². The molecule has 1 aliphatic rings. The number of furan rings is 1. The SMILES string of the molecule is CC(C)[C@@](C)(C#N)NC(=O)[C@H](C)Sc1nnc(C2CC2)n1Cc1ccco1. The number of hydrogen-bond donors (Lipinski definition) is 1. The van der Waals surface area contributed by atoms with Crippen LogP contribution in [0.5, 0.6) is 0 Å². The smallest absolute Gasteiger partial charge is 0.234 e. The Labute approximate surface area is 163 Å². The lowest BCUT2D eigenvalue weighted by Crippen LogP contribution is -2.51. The van der Waals surface area contributed by atoms with Crippen molar-refractivity contribution >= 4 is 17.7 Å². The first-order valence-electron chi connectivity index (χ1n) is 9.19. The number of nitrogens with one attached hydrogen (secondary N) is 1. The zero-order chi connectivity index (χ0) is 19.6. The van der Waals surface area contributed by atoms with Crippen LogP contribution < -0.4 is 5.32 Å². The van der Waals surface area contributed by atoms with Crippen LogP contribution in [0.4, 0.5) is 0 Å². The van der Waals surface area contributed by atoms with Crippen LogP contribution in [0.2, 0.25) is 0 Å². The lowest BCUT2D eigenvalue weighted by molar-refractivity contribution is -0.121. The van der Waals surface area contributed by atoms with E-state index >= 15 is 0 Å². The number of carbonyl (C=O) groups is 1. The van der Waals surface area contributed by atoms with E-state index in [2.05, 4.69) is 21.6 Å². The van der Waals surface area contributed by atoms with Crippen molar-refractivity contribution in [1.82, 2.24) is 20.1 Å². The van der Waals surface area contributed by atoms with E-state index in [1.54, 1.807) is 13.2 Å². The van der Waals surface area contributed by atoms with Crippen molar-refractivity contribution in [2.45, 2.75) is 68.9 Å². The third-order valence-electron chi connectivity index (χ3n) is 5.00. The molecular weight excluding hydrogens is 362 g/mol. The van der Waals surface area contributed by atoms with Crippen molar-refractivity contribution in [2.24, 2.45) is 5.92 Å². The minimum absolute atomic E-state index is 0.00715. The van der Waals surface area contributed by atoms with Gasteiger partial charge in [0.05, 0.1) is 24.1 Å². The van der Waals surface area contributed by atoms with Crippen molar-refractivity contribution in [3.05, 3.63) is 30.0 Å². The molecule has 2 atom stereocenters. The molecule has 2 heterocycles. The van der Waals surface area contributed by atoms with Crippen molar-refractivity contribution < 1.29 is 9.21 Å². The highest BCUT2D eigenvalue weighted by molar-refractivity contribution is 8.00. The van der Waals surface area contributed by atoms with Gasteiger partial charge in [0.1, 0.15) is 17.1 Å². The number of nitriles is 1. The Morgan fingerprint density at radius 2 is 2.22 bits per heavy atom. The van der Waals surface area contributed by atoms with Crippen LogP contribution in [0.25, 0.3) is 0 Å². The topological polar surface area (TPSA) is 96.7 Å². The summed E-state index contributed by atoms with van der Waals surface area (Å²) in [4.78, 5) is 12.6. The fourth-order valence-electron chi connectivity index (χ4n) is 2.61. The highest BCUT2D eigenvalue weighted by Gasteiger charge is 2.34. The Kier molecular flexibility index (Phi) is 5.61. The summed E-state index contributed by atoms with van der Waals surface area (Å²) in [6.45, 7) is 7.95. The second kappa shape index (κ2) is 7.77. The summed E-state index contributed by atoms with van der Waals surface area (Å²) in [6, 6.07) is 5.98. The average Bonchev–Trinajstić information content (AvgIpc) is 3.21. The van der Waals surface area contributed by atoms with Gasteiger partial charge in [0.15, 0.2) is 5.16 Å². The highest BCUT2D eigenvalue weighted by atomic mass is 32.2. The van der Waals surface area contributed by atoms with Gasteiger partial charge >= 0.3 is 0 Å². The van der Waals surface area contributed by atoms with Crippen molar-refractivity contribution in [3.8, 4) is 6.07 Å². The van der Waals surface area contributed by atoms with E-state index in [0.717, 1.165) is 24.4 Å². The zero-order valence-corrected chi connectivity index (χ0v) is 16.9. The Bertz CT molecular complexity index is 835. The molecule has 0 bridgehead atoms. The van der Waals surface area contributed by atoms with E-state index in [0.29, 0.717) is 17.6 Å². The minimum Gasteiger partial charge on any atom is -0.467 e. The van der Waals surface area contributed by atoms with Crippen LogP contribution in [-0.2, 0) is 11.3 Å². The quantitative estimate of drug-likeness (QED) is 0.698. The van der Waals surface area contributed by atoms with Gasteiger partial charge in [0, 0.05) is 5.92 Å². The molecule has 0 aliphatic heterocycles. The normalized spacial score (nSPS) is 17.3. The molecule has 0 radical (unpaired) electrons. The first-order chi connectivity index (χ1) is 12.8. The first kappa shape index (κ1) is 19.5. The van der Waals surface area contributed by atoms with Gasteiger partial charge in [-0.05, 0) is 44.7 Å². The molecule has 1 N–H and O–H groups in total. The predicted molar refractivity (Wildman–Crippen MR) is 102 cm³/mol. The van der Waals surface area contributed by atoms with E-state index < -0.39 is 10.8 Å². The van der Waals surface area contributed by atoms with Gasteiger partial charge in [-0.15, -0.1) is 10.2 Å². The minimum atomic E-state index is -0.896. The van der Waals surface area contributed by atoms with Crippen molar-refractivity contribution in [3.63, 3.8) is 0 Å². The first-order valence-corrected chi connectivity index (χ1v) is 10.1. The molecule has 2 aromatic rings. The maximum Gasteiger partial charge on any atom is 0.234 e. The lowest BCUT2D eigenvalue weighted by atomic mass is 9.90. The maximum absolute atomic E-state index is 12.6. The number of nitrogens with zero attached hydrogens (tertiary/aromatic N) is 4. The van der Waals surface area contributed by atoms with Crippen LogP contribution in [0.15, 0.2) is 28.0 Å². The molecule has 144 valence electrons. The number of amides is 1. The van der Waals surface area contributed by atoms with Crippen LogP contribution >= 0.6 is 11.8 Å². The van der Waals surface area contributed by atoms with E-state index in [9.17, 15) is 10.1 Å². The fraction of sp³-hybridized carbons (Fsp3) is 0.579. The molecule has 0 aromatic carbocycles. The number of hydrogen-bond acceptors (Lipinski definition) is 6. The molecule has 7 nitrogen and oxygen atoms in total. The van der Waals surface area contributed by atoms with Crippen LogP contribution in [0.1, 0.15) is 58.0 Å². The molecule has 1 saturated carbocycles. The van der Waals surface area contributed by atoms with Gasteiger partial charge in [-0.25, -0.2) is 0 Å². The lowest BCUT2D eigenvalue weighted by Gasteiger charge is -2.28. The molecular formula is C19H25N5O2S. The summed E-state index contributed by atoms with van der Waals surface area (Å²) in [5.41, 5.74) is -0.896. The summed E-state index contributed by atoms with van der Waals surface area (Å²) in [7, 11) is 0. The van der Waals surface area contributed by atoms with Crippen LogP contribution in [-0.4, -0.2) is 31.5 Å². The molecule has 0 unspecified atom stereocenters. The molecule has 1 amide bonds. The second-order valence-electron chi connectivity index (χ2n) is 7.50. The summed E-state index contributed by atoms with van der Waals surface area (Å²) >= 11 is 1.36. The average molecular weight is 388 g/mol. The number of thioether (sulfide) groups is 1. The summed E-state index contributed by atoms with van der Waals surface area (Å²) in [5, 5.41) is 21.3. The zero-order valence-electron chi connectivity index (χ0n) is 16.1. The molecule has 2 aromatic heterocycles. The van der Waals surface area contributed by atoms with Crippen molar-refractivity contribution in [2.75, 3.05) is 0 Å². The van der Waals surface area contributed by atoms with E-state index in [-0.39, 0.29) is 11.8 Å². The van der Waals surface area contributed by atoms with Gasteiger partial charge < -0.3 is 9.73 Å². The van der Waals surface area contributed by atoms with Gasteiger partial charge in [-0.2, -0.15) is 5.26 Å². The molecule has 8 heteroatoms. The van der Waals surface area contributed by atoms with Gasteiger partial charge in [-0.3, -0.25) is 9.36 Å². The fourth-order valence-corrected chi connectivity index (χ4v) is 3.46. The standard InChI is InChI=1S/C19H25N5O2S/c1-12(2)19(4,11-20)21-17(25)13(3)27-18-23-22-16(14-7-8-14)24(18)10-15-6-5-9-26-15/h5-6,9,12-14H,7-8,10H2,1-4H3,(H,21,25)/t13-,19+/m0/s1. The second-order valence-corrected chi connectivity index (χ2v) is 8.81. The third-order valence-corrected chi connectivity index (χ3v) is 6.08. The van der Waals surface area contributed by atoms with Gasteiger partial charge in [0.25, 0.3) is 0 Å². The molecule has 1 aliphatic carbocycles. The Morgan fingerprint density at radius 3 is 2.78 bits per heavy atom. The molecule has 1 fully saturated rings. The van der Waals surface area contributed by atoms with E-state index in [1.807, 2.05) is 37.5 Å². The number of aromatic nitrogens is 3. The summed E-state index contributed by atoms with van der Waals surface area (Å²) in [6.07, 6.45) is 3.88. The largest absolute Gasteiger partial charge is 0.467 e. The molecule has 27 heavy (non-hydrogen) atoms. The Hall–Kier alpha value is -2.27. The van der Waals surface area contributed by atoms with Gasteiger partial charge in [0.2, 0.25) is 5.91 Å². The molecule has 3 rings (SSSR count). The predicted octanol–water partition coefficient (Wildman–Crippen LogP) is 3.33. The summed E-state index contributed by atoms with van der Waals surface area (Å²) in [5.74, 6) is 2.04. The maximum atomic E-state index is 12.6. The van der Waals surface area contributed by atoms with Crippen LogP contribution in [0.3, 0.4) is 0 Å². The molecule has 0 spiro atoms. The third kappa shape index (κ3) is 4.35. The monoisotopic (exact) mass is 387 g/mol. The summed E-state index contributed by atoms with van der Waals surface area (Å²) < 4.78 is 7.51. The highest BCUT2D eigenvalue weighted by Crippen LogP contribution is 2.40. The molecule has 0 saturated heterocycles. The van der Waals surface area contributed by atoms with E-state index in [1.165, 1.54) is 11.8 Å². The van der Waals surface area contributed by atoms with E-state index in [4.69, 9.17) is 4.42 Å². The number of carbonyl (C=O) groups excluding carboxylic acids is 1.